The first kappa shape index (κ1) is 34.7. The first-order valence-electron chi connectivity index (χ1n) is 15.2. The summed E-state index contributed by atoms with van der Waals surface area (Å²) in [7, 11) is 2.94. The van der Waals surface area contributed by atoms with Crippen LogP contribution >= 0.6 is 11.6 Å². The molecule has 1 spiro atoms. The van der Waals surface area contributed by atoms with Gasteiger partial charge in [0.2, 0.25) is 0 Å². The minimum absolute atomic E-state index is 0.0205. The number of rotatable bonds is 13. The number of fused-ring (bicyclic) bond motifs is 2. The number of benzene rings is 3. The number of carbonyl (C=O) groups is 2. The van der Waals surface area contributed by atoms with Gasteiger partial charge in [0.1, 0.15) is 29.9 Å². The molecule has 14 heteroatoms. The van der Waals surface area contributed by atoms with Crippen molar-refractivity contribution in [3.8, 4) is 17.2 Å². The highest BCUT2D eigenvalue weighted by atomic mass is 35.5. The lowest BCUT2D eigenvalue weighted by atomic mass is 9.99. The highest BCUT2D eigenvalue weighted by Crippen LogP contribution is 2.57. The van der Waals surface area contributed by atoms with Crippen LogP contribution in [0.4, 0.5) is 24.5 Å². The molecule has 2 aliphatic rings. The second-order valence-corrected chi connectivity index (χ2v) is 11.8. The Morgan fingerprint density at radius 1 is 1.04 bits per heavy atom. The maximum Gasteiger partial charge on any atom is 0.573 e. The van der Waals surface area contributed by atoms with Crippen molar-refractivity contribution >= 4 is 40.6 Å². The lowest BCUT2D eigenvalue weighted by molar-refractivity contribution is -0.274. The number of carbonyl (C=O) groups excluding carboxylic acids is 2. The van der Waals surface area contributed by atoms with Crippen molar-refractivity contribution in [2.75, 3.05) is 44.2 Å². The fraction of sp³-hybridized carbons (Fsp3) is 0.382. The zero-order valence-electron chi connectivity index (χ0n) is 26.8. The lowest BCUT2D eigenvalue weighted by Crippen LogP contribution is -2.38. The van der Waals surface area contributed by atoms with E-state index in [-0.39, 0.29) is 25.0 Å². The number of ether oxygens (including phenoxy) is 4. The predicted molar refractivity (Wildman–Crippen MR) is 173 cm³/mol. The summed E-state index contributed by atoms with van der Waals surface area (Å²) in [5.41, 5.74) is 2.80. The van der Waals surface area contributed by atoms with Crippen LogP contribution in [0.25, 0.3) is 0 Å². The number of nitrogens with zero attached hydrogens (tertiary/aromatic N) is 2. The van der Waals surface area contributed by atoms with Crippen LogP contribution in [-0.4, -0.2) is 57.9 Å². The van der Waals surface area contributed by atoms with E-state index in [2.05, 4.69) is 15.2 Å². The molecular formula is C34H35ClF3N3O7. The van der Waals surface area contributed by atoms with Gasteiger partial charge in [-0.05, 0) is 62.6 Å². The summed E-state index contributed by atoms with van der Waals surface area (Å²) >= 11 is 6.26. The quantitative estimate of drug-likeness (QED) is 0.0871. The molecule has 3 aromatic carbocycles. The molecule has 1 aliphatic heterocycles. The zero-order valence-corrected chi connectivity index (χ0v) is 27.5. The molecule has 0 bridgehead atoms. The second-order valence-electron chi connectivity index (χ2n) is 11.4. The summed E-state index contributed by atoms with van der Waals surface area (Å²) in [5, 5.41) is 7.81. The Morgan fingerprint density at radius 2 is 1.81 bits per heavy atom. The Hall–Kier alpha value is -4.65. The third-order valence-electron chi connectivity index (χ3n) is 8.17. The summed E-state index contributed by atoms with van der Waals surface area (Å²) in [4.78, 5) is 33.1. The van der Waals surface area contributed by atoms with Crippen LogP contribution in [-0.2, 0) is 24.6 Å². The first-order chi connectivity index (χ1) is 22.9. The molecule has 48 heavy (non-hydrogen) atoms. The molecular weight excluding hydrogens is 655 g/mol. The Morgan fingerprint density at radius 3 is 2.48 bits per heavy atom. The van der Waals surface area contributed by atoms with Gasteiger partial charge in [0.15, 0.2) is 0 Å². The normalized spacial score (nSPS) is 15.4. The minimum atomic E-state index is -4.89. The summed E-state index contributed by atoms with van der Waals surface area (Å²) in [6.45, 7) is 4.01. The Labute approximate surface area is 280 Å². The number of alkyl halides is 3. The molecule has 1 fully saturated rings. The number of oxime groups is 1. The first-order valence-corrected chi connectivity index (χ1v) is 15.6. The maximum atomic E-state index is 14.6. The summed E-state index contributed by atoms with van der Waals surface area (Å²) in [5.74, 6) is -0.463. The lowest BCUT2D eigenvalue weighted by Gasteiger charge is -2.28. The zero-order chi connectivity index (χ0) is 34.6. The monoisotopic (exact) mass is 689 g/mol. The molecule has 1 saturated carbocycles. The minimum Gasteiger partial charge on any atom is -0.497 e. The van der Waals surface area contributed by atoms with Gasteiger partial charge >= 0.3 is 12.3 Å². The Balaban J connectivity index is 1.50. The smallest absolute Gasteiger partial charge is 0.497 e. The molecule has 5 rings (SSSR count). The van der Waals surface area contributed by atoms with Crippen molar-refractivity contribution < 1.29 is 46.5 Å². The van der Waals surface area contributed by atoms with Gasteiger partial charge in [-0.1, -0.05) is 28.9 Å². The van der Waals surface area contributed by atoms with E-state index in [0.29, 0.717) is 51.3 Å². The fourth-order valence-corrected chi connectivity index (χ4v) is 5.88. The van der Waals surface area contributed by atoms with E-state index in [4.69, 9.17) is 30.6 Å². The van der Waals surface area contributed by atoms with Gasteiger partial charge in [-0.25, -0.2) is 0 Å². The molecule has 1 atom stereocenters. The van der Waals surface area contributed by atoms with Crippen LogP contribution in [0.15, 0.2) is 59.8 Å². The third-order valence-corrected chi connectivity index (χ3v) is 8.41. The van der Waals surface area contributed by atoms with Gasteiger partial charge in [-0.2, -0.15) is 0 Å². The van der Waals surface area contributed by atoms with Gasteiger partial charge < -0.3 is 34.0 Å². The second kappa shape index (κ2) is 14.2. The van der Waals surface area contributed by atoms with E-state index >= 15 is 0 Å². The molecule has 1 N–H and O–H groups in total. The van der Waals surface area contributed by atoms with E-state index < -0.39 is 30.0 Å². The van der Waals surface area contributed by atoms with Gasteiger partial charge in [0, 0.05) is 45.9 Å². The van der Waals surface area contributed by atoms with Gasteiger partial charge in [-0.15, -0.1) is 13.2 Å². The van der Waals surface area contributed by atoms with Crippen LogP contribution < -0.4 is 24.4 Å². The number of hydrogen-bond donors (Lipinski definition) is 1. The van der Waals surface area contributed by atoms with Gasteiger partial charge in [0.25, 0.3) is 5.91 Å². The van der Waals surface area contributed by atoms with E-state index in [0.717, 1.165) is 18.4 Å². The molecule has 1 aliphatic carbocycles. The molecule has 0 aromatic heterocycles. The van der Waals surface area contributed by atoms with Crippen LogP contribution in [0.3, 0.4) is 0 Å². The molecule has 1 unspecified atom stereocenters. The highest BCUT2D eigenvalue weighted by Gasteiger charge is 2.54. The number of anilines is 2. The molecule has 256 valence electrons. The van der Waals surface area contributed by atoms with Crippen molar-refractivity contribution in [3.05, 3.63) is 76.3 Å². The van der Waals surface area contributed by atoms with E-state index in [1.54, 1.807) is 56.3 Å². The SMILES string of the molecule is CCOC(=O)CCON=C(C)c1cc(NC(C(=O)N2CC3(CC3)c3ccc(OC(F)(F)F)cc32)c2ccc(Cl)cc2OC)cc(OC)c1. The summed E-state index contributed by atoms with van der Waals surface area (Å²) in [6.07, 6.45) is -3.26. The number of methoxy groups -OCH3 is 2. The molecule has 1 heterocycles. The van der Waals surface area contributed by atoms with E-state index in [9.17, 15) is 22.8 Å². The van der Waals surface area contributed by atoms with Gasteiger partial charge in [0.05, 0.1) is 38.6 Å². The number of halogens is 4. The van der Waals surface area contributed by atoms with Crippen molar-refractivity contribution in [3.63, 3.8) is 0 Å². The van der Waals surface area contributed by atoms with Crippen LogP contribution in [0.5, 0.6) is 17.2 Å². The number of amides is 1. The van der Waals surface area contributed by atoms with E-state index in [1.807, 2.05) is 0 Å². The summed E-state index contributed by atoms with van der Waals surface area (Å²) < 4.78 is 59.7. The van der Waals surface area contributed by atoms with Crippen molar-refractivity contribution in [2.24, 2.45) is 5.16 Å². The van der Waals surface area contributed by atoms with E-state index in [1.165, 1.54) is 31.3 Å². The average Bonchev–Trinajstić information content (AvgIpc) is 3.76. The largest absolute Gasteiger partial charge is 0.573 e. The van der Waals surface area contributed by atoms with Crippen LogP contribution in [0.2, 0.25) is 5.02 Å². The standard InChI is InChI=1S/C34H35ClF3N3O7/c1-5-46-30(42)10-13-47-40-20(2)21-14-23(17-25(15-21)44-3)39-31(26-8-6-22(35)16-29(26)45-4)32(43)41-19-33(11-12-33)27-9-7-24(18-28(27)41)48-34(36,37)38/h6-9,14-18,31,39H,5,10-13,19H2,1-4H3. The maximum absolute atomic E-state index is 14.6. The average molecular weight is 690 g/mol. The fourth-order valence-electron chi connectivity index (χ4n) is 5.71. The summed E-state index contributed by atoms with van der Waals surface area (Å²) in [6, 6.07) is 13.1. The highest BCUT2D eigenvalue weighted by molar-refractivity contribution is 6.30. The number of nitrogens with one attached hydrogen (secondary N) is 1. The van der Waals surface area contributed by atoms with Crippen LogP contribution in [0.1, 0.15) is 55.8 Å². The number of hydrogen-bond acceptors (Lipinski definition) is 9. The Bertz CT molecular complexity index is 1710. The van der Waals surface area contributed by atoms with Crippen molar-refractivity contribution in [2.45, 2.75) is 50.9 Å². The molecule has 1 amide bonds. The van der Waals surface area contributed by atoms with Crippen molar-refractivity contribution in [1.29, 1.82) is 0 Å². The third kappa shape index (κ3) is 7.89. The molecule has 0 radical (unpaired) electrons. The Kier molecular flexibility index (Phi) is 10.3. The molecule has 10 nitrogen and oxygen atoms in total. The van der Waals surface area contributed by atoms with Crippen LogP contribution in [0, 0.1) is 0 Å². The molecule has 0 saturated heterocycles. The number of esters is 1. The predicted octanol–water partition coefficient (Wildman–Crippen LogP) is 7.18. The van der Waals surface area contributed by atoms with Crippen molar-refractivity contribution in [1.82, 2.24) is 0 Å². The molecule has 3 aromatic rings. The van der Waals surface area contributed by atoms with Gasteiger partial charge in [-0.3, -0.25) is 9.59 Å². The topological polar surface area (TPSA) is 108 Å².